The zero-order valence-corrected chi connectivity index (χ0v) is 8.90. The Hall–Kier alpha value is -2.06. The summed E-state index contributed by atoms with van der Waals surface area (Å²) in [5, 5.41) is 10.8. The molecule has 1 aromatic carbocycles. The van der Waals surface area contributed by atoms with Crippen LogP contribution in [0.4, 0.5) is 5.69 Å². The third-order valence-electron chi connectivity index (χ3n) is 1.93. The lowest BCUT2D eigenvalue weighted by Crippen LogP contribution is -2.01. The fourth-order valence-electron chi connectivity index (χ4n) is 1.14. The molecule has 0 saturated heterocycles. The Bertz CT molecular complexity index is 446. The fraction of sp³-hybridized carbons (Fsp3) is 0.273. The Kier molecular flexibility index (Phi) is 4.30. The number of nitrogens with two attached hydrogens (primary N) is 1. The number of hydrogen-bond donors (Lipinski definition) is 1. The molecule has 5 nitrogen and oxygen atoms in total. The molecule has 0 aliphatic carbocycles. The molecular weight excluding hydrogens is 208 g/mol. The van der Waals surface area contributed by atoms with Gasteiger partial charge in [0.15, 0.2) is 5.75 Å². The Balaban J connectivity index is 2.96. The van der Waals surface area contributed by atoms with E-state index in [0.29, 0.717) is 5.56 Å². The maximum Gasteiger partial charge on any atom is 0.311 e. The second kappa shape index (κ2) is 5.73. The monoisotopic (exact) mass is 220 g/mol. The van der Waals surface area contributed by atoms with Crippen molar-refractivity contribution in [3.05, 3.63) is 33.9 Å². The Morgan fingerprint density at radius 3 is 2.88 bits per heavy atom. The molecule has 0 radical (unpaired) electrons. The van der Waals surface area contributed by atoms with Gasteiger partial charge in [0, 0.05) is 12.6 Å². The number of rotatable bonds is 4. The minimum atomic E-state index is -0.492. The molecule has 0 aliphatic heterocycles. The van der Waals surface area contributed by atoms with Crippen LogP contribution in [0.1, 0.15) is 12.5 Å². The Labute approximate surface area is 93.4 Å². The average molecular weight is 220 g/mol. The summed E-state index contributed by atoms with van der Waals surface area (Å²) in [6.07, 6.45) is 0. The van der Waals surface area contributed by atoms with Gasteiger partial charge >= 0.3 is 5.69 Å². The van der Waals surface area contributed by atoms with Crippen molar-refractivity contribution in [1.82, 2.24) is 0 Å². The molecular formula is C11H12N2O3. The highest BCUT2D eigenvalue weighted by molar-refractivity contribution is 5.48. The van der Waals surface area contributed by atoms with Gasteiger partial charge < -0.3 is 10.5 Å². The minimum absolute atomic E-state index is 0.0825. The van der Waals surface area contributed by atoms with Gasteiger partial charge in [0.05, 0.1) is 4.92 Å². The van der Waals surface area contributed by atoms with Crippen LogP contribution in [0.5, 0.6) is 5.75 Å². The van der Waals surface area contributed by atoms with E-state index in [1.165, 1.54) is 12.1 Å². The van der Waals surface area contributed by atoms with Crippen molar-refractivity contribution in [2.75, 3.05) is 6.61 Å². The molecule has 0 bridgehead atoms. The number of nitro benzene ring substituents is 1. The van der Waals surface area contributed by atoms with E-state index in [2.05, 4.69) is 11.8 Å². The van der Waals surface area contributed by atoms with Gasteiger partial charge in [-0.2, -0.15) is 0 Å². The number of ether oxygens (including phenoxy) is 1. The molecule has 0 unspecified atom stereocenters. The second-order valence-electron chi connectivity index (χ2n) is 2.98. The van der Waals surface area contributed by atoms with E-state index in [9.17, 15) is 10.1 Å². The smallest absolute Gasteiger partial charge is 0.311 e. The molecule has 0 aromatic heterocycles. The predicted molar refractivity (Wildman–Crippen MR) is 59.9 cm³/mol. The highest BCUT2D eigenvalue weighted by Gasteiger charge is 2.15. The van der Waals surface area contributed by atoms with Crippen LogP contribution in [0, 0.1) is 22.0 Å². The molecule has 0 atom stereocenters. The van der Waals surface area contributed by atoms with E-state index in [-0.39, 0.29) is 24.6 Å². The first kappa shape index (κ1) is 12.0. The van der Waals surface area contributed by atoms with Gasteiger partial charge in [0.1, 0.15) is 6.61 Å². The van der Waals surface area contributed by atoms with Crippen LogP contribution in [0.25, 0.3) is 0 Å². The molecule has 5 heteroatoms. The normalized spacial score (nSPS) is 9.12. The first-order valence-corrected chi connectivity index (χ1v) is 4.68. The van der Waals surface area contributed by atoms with Crippen molar-refractivity contribution < 1.29 is 9.66 Å². The highest BCUT2D eigenvalue weighted by atomic mass is 16.6. The molecule has 0 fully saturated rings. The summed E-state index contributed by atoms with van der Waals surface area (Å²) in [6, 6.07) is 4.65. The summed E-state index contributed by atoms with van der Waals surface area (Å²) < 4.78 is 5.18. The summed E-state index contributed by atoms with van der Waals surface area (Å²) in [6.45, 7) is 2.07. The predicted octanol–water partition coefficient (Wildman–Crippen LogP) is 1.46. The Morgan fingerprint density at radius 2 is 2.31 bits per heavy atom. The van der Waals surface area contributed by atoms with Crippen molar-refractivity contribution in [2.45, 2.75) is 13.5 Å². The van der Waals surface area contributed by atoms with Gasteiger partial charge in [-0.05, 0) is 18.6 Å². The minimum Gasteiger partial charge on any atom is -0.474 e. The van der Waals surface area contributed by atoms with E-state index in [4.69, 9.17) is 10.5 Å². The molecule has 16 heavy (non-hydrogen) atoms. The number of benzene rings is 1. The zero-order valence-electron chi connectivity index (χ0n) is 8.90. The summed E-state index contributed by atoms with van der Waals surface area (Å²) in [5.41, 5.74) is 6.02. The number of hydrogen-bond acceptors (Lipinski definition) is 4. The third-order valence-corrected chi connectivity index (χ3v) is 1.93. The molecule has 1 rings (SSSR count). The molecule has 0 amide bonds. The van der Waals surface area contributed by atoms with Crippen LogP contribution in [0.3, 0.4) is 0 Å². The first-order chi connectivity index (χ1) is 7.69. The van der Waals surface area contributed by atoms with Gasteiger partial charge in [0.2, 0.25) is 0 Å². The second-order valence-corrected chi connectivity index (χ2v) is 2.98. The quantitative estimate of drug-likeness (QED) is 0.473. The van der Waals surface area contributed by atoms with Crippen LogP contribution < -0.4 is 10.5 Å². The topological polar surface area (TPSA) is 78.4 Å². The third kappa shape index (κ3) is 2.97. The van der Waals surface area contributed by atoms with Gasteiger partial charge in [-0.15, -0.1) is 5.92 Å². The molecule has 1 aromatic rings. The Morgan fingerprint density at radius 1 is 1.56 bits per heavy atom. The maximum atomic E-state index is 10.8. The van der Waals surface area contributed by atoms with E-state index in [1.54, 1.807) is 13.0 Å². The van der Waals surface area contributed by atoms with Gasteiger partial charge in [0.25, 0.3) is 0 Å². The number of nitrogens with zero attached hydrogens (tertiary/aromatic N) is 1. The van der Waals surface area contributed by atoms with Crippen LogP contribution in [0.15, 0.2) is 18.2 Å². The van der Waals surface area contributed by atoms with Crippen molar-refractivity contribution in [3.63, 3.8) is 0 Å². The fourth-order valence-corrected chi connectivity index (χ4v) is 1.14. The molecule has 0 heterocycles. The summed E-state index contributed by atoms with van der Waals surface area (Å²) >= 11 is 0. The van der Waals surface area contributed by atoms with Crippen molar-refractivity contribution in [3.8, 4) is 17.6 Å². The number of nitro groups is 1. The lowest BCUT2D eigenvalue weighted by molar-refractivity contribution is -0.385. The lowest BCUT2D eigenvalue weighted by atomic mass is 10.2. The molecule has 2 N–H and O–H groups in total. The maximum absolute atomic E-state index is 10.8. The van der Waals surface area contributed by atoms with Crippen LogP contribution in [-0.4, -0.2) is 11.5 Å². The molecule has 0 spiro atoms. The SMILES string of the molecule is CC#CCOc1ccc(CN)cc1[N+](=O)[O-]. The summed E-state index contributed by atoms with van der Waals surface area (Å²) in [5.74, 6) is 5.53. The molecule has 84 valence electrons. The van der Waals surface area contributed by atoms with Gasteiger partial charge in [-0.25, -0.2) is 0 Å². The van der Waals surface area contributed by atoms with Crippen LogP contribution in [0.2, 0.25) is 0 Å². The summed E-state index contributed by atoms with van der Waals surface area (Å²) in [4.78, 5) is 10.3. The van der Waals surface area contributed by atoms with E-state index in [1.807, 2.05) is 0 Å². The first-order valence-electron chi connectivity index (χ1n) is 4.68. The van der Waals surface area contributed by atoms with Crippen LogP contribution in [-0.2, 0) is 6.54 Å². The van der Waals surface area contributed by atoms with Crippen molar-refractivity contribution in [1.29, 1.82) is 0 Å². The standard InChI is InChI=1S/C11H12N2O3/c1-2-3-6-16-11-5-4-9(8-12)7-10(11)13(14)15/h4-5,7H,6,8,12H2,1H3. The largest absolute Gasteiger partial charge is 0.474 e. The van der Waals surface area contributed by atoms with E-state index >= 15 is 0 Å². The van der Waals surface area contributed by atoms with Gasteiger partial charge in [-0.3, -0.25) is 10.1 Å². The summed E-state index contributed by atoms with van der Waals surface area (Å²) in [7, 11) is 0. The van der Waals surface area contributed by atoms with Crippen molar-refractivity contribution >= 4 is 5.69 Å². The zero-order chi connectivity index (χ0) is 12.0. The van der Waals surface area contributed by atoms with E-state index < -0.39 is 4.92 Å². The highest BCUT2D eigenvalue weighted by Crippen LogP contribution is 2.27. The van der Waals surface area contributed by atoms with Crippen molar-refractivity contribution in [2.24, 2.45) is 5.73 Å². The van der Waals surface area contributed by atoms with Gasteiger partial charge in [-0.1, -0.05) is 12.0 Å². The lowest BCUT2D eigenvalue weighted by Gasteiger charge is -2.04. The van der Waals surface area contributed by atoms with Crippen LogP contribution >= 0.6 is 0 Å². The average Bonchev–Trinajstić information content (AvgIpc) is 2.29. The molecule has 0 saturated carbocycles. The molecule has 0 aliphatic rings. The van der Waals surface area contributed by atoms with E-state index in [0.717, 1.165) is 0 Å².